The van der Waals surface area contributed by atoms with Crippen LogP contribution in [0.2, 0.25) is 0 Å². The third-order valence-corrected chi connectivity index (χ3v) is 2.87. The van der Waals surface area contributed by atoms with Gasteiger partial charge in [0.15, 0.2) is 0 Å². The highest BCUT2D eigenvalue weighted by atomic mass is 16.5. The summed E-state index contributed by atoms with van der Waals surface area (Å²) in [4.78, 5) is 34.5. The lowest BCUT2D eigenvalue weighted by atomic mass is 10.2. The Labute approximate surface area is 141 Å². The first kappa shape index (κ1) is 19.4. The predicted octanol–water partition coefficient (Wildman–Crippen LogP) is 3.06. The number of benzene rings is 1. The van der Waals surface area contributed by atoms with Crippen LogP contribution in [0.15, 0.2) is 36.4 Å². The van der Waals surface area contributed by atoms with Crippen molar-refractivity contribution in [3.8, 4) is 5.75 Å². The molecular weight excluding hydrogens is 312 g/mol. The van der Waals surface area contributed by atoms with Gasteiger partial charge >= 0.3 is 17.9 Å². The van der Waals surface area contributed by atoms with Gasteiger partial charge in [0.05, 0.1) is 18.8 Å². The molecule has 0 N–H and O–H groups in total. The summed E-state index contributed by atoms with van der Waals surface area (Å²) in [5.41, 5.74) is 0.713. The minimum atomic E-state index is -0.478. The second-order valence-electron chi connectivity index (χ2n) is 5.15. The van der Waals surface area contributed by atoms with Crippen molar-refractivity contribution in [3.63, 3.8) is 0 Å². The van der Waals surface area contributed by atoms with Gasteiger partial charge in [0.25, 0.3) is 0 Å². The number of esters is 3. The molecule has 0 spiro atoms. The number of hydrogen-bond donors (Lipinski definition) is 0. The molecule has 1 rings (SSSR count). The smallest absolute Gasteiger partial charge is 0.338 e. The molecule has 0 fully saturated rings. The van der Waals surface area contributed by atoms with E-state index >= 15 is 0 Å². The fourth-order valence-electron chi connectivity index (χ4n) is 1.62. The van der Waals surface area contributed by atoms with E-state index in [1.54, 1.807) is 6.92 Å². The third-order valence-electron chi connectivity index (χ3n) is 2.87. The summed E-state index contributed by atoms with van der Waals surface area (Å²) in [7, 11) is 0. The molecule has 24 heavy (non-hydrogen) atoms. The fourth-order valence-corrected chi connectivity index (χ4v) is 1.62. The number of carbonyl (C=O) groups is 3. The van der Waals surface area contributed by atoms with E-state index in [1.165, 1.54) is 24.3 Å². The lowest BCUT2D eigenvalue weighted by molar-refractivity contribution is -0.141. The minimum absolute atomic E-state index is 0.115. The van der Waals surface area contributed by atoms with E-state index in [4.69, 9.17) is 14.2 Å². The molecule has 1 aromatic rings. The summed E-state index contributed by atoms with van der Waals surface area (Å²) in [6, 6.07) is 6.13. The van der Waals surface area contributed by atoms with Gasteiger partial charge in [0.1, 0.15) is 5.75 Å². The molecule has 0 saturated heterocycles. The van der Waals surface area contributed by atoms with Crippen LogP contribution in [0.25, 0.3) is 0 Å². The van der Waals surface area contributed by atoms with Crippen LogP contribution in [-0.4, -0.2) is 31.1 Å². The SMILES string of the molecule is C=C(C)C(=O)OCCCC(=O)Oc1ccc(C(=O)OCCC)cc1. The summed E-state index contributed by atoms with van der Waals surface area (Å²) < 4.78 is 15.0. The van der Waals surface area contributed by atoms with Crippen molar-refractivity contribution in [1.82, 2.24) is 0 Å². The van der Waals surface area contributed by atoms with Crippen molar-refractivity contribution < 1.29 is 28.6 Å². The Morgan fingerprint density at radius 2 is 1.71 bits per heavy atom. The molecule has 0 bridgehead atoms. The van der Waals surface area contributed by atoms with Crippen LogP contribution in [0.4, 0.5) is 0 Å². The van der Waals surface area contributed by atoms with Crippen LogP contribution < -0.4 is 4.74 Å². The average molecular weight is 334 g/mol. The molecule has 0 aliphatic heterocycles. The molecule has 0 amide bonds. The summed E-state index contributed by atoms with van der Waals surface area (Å²) in [5, 5.41) is 0. The Kier molecular flexibility index (Phi) is 8.25. The van der Waals surface area contributed by atoms with Gasteiger partial charge in [-0.05, 0) is 44.0 Å². The Balaban J connectivity index is 2.35. The number of rotatable bonds is 9. The van der Waals surface area contributed by atoms with Crippen molar-refractivity contribution in [2.75, 3.05) is 13.2 Å². The first-order chi connectivity index (χ1) is 11.4. The van der Waals surface area contributed by atoms with Crippen molar-refractivity contribution in [2.45, 2.75) is 33.1 Å². The maximum atomic E-state index is 11.7. The molecule has 6 heteroatoms. The highest BCUT2D eigenvalue weighted by molar-refractivity contribution is 5.89. The van der Waals surface area contributed by atoms with Crippen LogP contribution in [0.5, 0.6) is 5.75 Å². The van der Waals surface area contributed by atoms with Gasteiger partial charge in [-0.25, -0.2) is 9.59 Å². The van der Waals surface area contributed by atoms with Gasteiger partial charge in [-0.15, -0.1) is 0 Å². The molecule has 0 heterocycles. The van der Waals surface area contributed by atoms with Gasteiger partial charge in [-0.1, -0.05) is 13.5 Å². The largest absolute Gasteiger partial charge is 0.462 e. The lowest BCUT2D eigenvalue weighted by Crippen LogP contribution is -2.11. The van der Waals surface area contributed by atoms with E-state index in [9.17, 15) is 14.4 Å². The lowest BCUT2D eigenvalue weighted by Gasteiger charge is -2.07. The van der Waals surface area contributed by atoms with E-state index < -0.39 is 17.9 Å². The van der Waals surface area contributed by atoms with Crippen molar-refractivity contribution >= 4 is 17.9 Å². The molecule has 0 atom stereocenters. The maximum absolute atomic E-state index is 11.7. The fraction of sp³-hybridized carbons (Fsp3) is 0.389. The standard InChI is InChI=1S/C18H22O6/c1-4-11-22-18(21)14-7-9-15(10-8-14)24-16(19)6-5-12-23-17(20)13(2)3/h7-10H,2,4-6,11-12H2,1,3H3. The monoisotopic (exact) mass is 334 g/mol. The first-order valence-electron chi connectivity index (χ1n) is 7.74. The highest BCUT2D eigenvalue weighted by Gasteiger charge is 2.09. The zero-order valence-electron chi connectivity index (χ0n) is 14.0. The number of carbonyl (C=O) groups excluding carboxylic acids is 3. The average Bonchev–Trinajstić information content (AvgIpc) is 2.56. The van der Waals surface area contributed by atoms with E-state index in [1.807, 2.05) is 6.92 Å². The van der Waals surface area contributed by atoms with Gasteiger partial charge in [0.2, 0.25) is 0 Å². The Hall–Kier alpha value is -2.63. The van der Waals surface area contributed by atoms with Crippen LogP contribution in [0, 0.1) is 0 Å². The molecule has 0 saturated carbocycles. The van der Waals surface area contributed by atoms with Crippen molar-refractivity contribution in [2.24, 2.45) is 0 Å². The quantitative estimate of drug-likeness (QED) is 0.299. The highest BCUT2D eigenvalue weighted by Crippen LogP contribution is 2.14. The molecule has 0 aliphatic rings. The van der Waals surface area contributed by atoms with Crippen LogP contribution in [0.3, 0.4) is 0 Å². The van der Waals surface area contributed by atoms with Gasteiger partial charge in [-0.2, -0.15) is 0 Å². The molecule has 0 unspecified atom stereocenters. The Morgan fingerprint density at radius 3 is 2.29 bits per heavy atom. The van der Waals surface area contributed by atoms with E-state index in [2.05, 4.69) is 6.58 Å². The molecular formula is C18H22O6. The van der Waals surface area contributed by atoms with E-state index in [-0.39, 0.29) is 13.0 Å². The van der Waals surface area contributed by atoms with Gasteiger partial charge in [-0.3, -0.25) is 4.79 Å². The van der Waals surface area contributed by atoms with Gasteiger partial charge in [0, 0.05) is 12.0 Å². The Morgan fingerprint density at radius 1 is 1.04 bits per heavy atom. The first-order valence-corrected chi connectivity index (χ1v) is 7.74. The second-order valence-corrected chi connectivity index (χ2v) is 5.15. The topological polar surface area (TPSA) is 78.9 Å². The zero-order chi connectivity index (χ0) is 17.9. The summed E-state index contributed by atoms with van der Waals surface area (Å²) in [5.74, 6) is -0.989. The normalized spacial score (nSPS) is 9.92. The summed E-state index contributed by atoms with van der Waals surface area (Å²) >= 11 is 0. The molecule has 0 radical (unpaired) electrons. The van der Waals surface area contributed by atoms with Crippen molar-refractivity contribution in [3.05, 3.63) is 42.0 Å². The molecule has 0 aromatic heterocycles. The van der Waals surface area contributed by atoms with E-state index in [0.717, 1.165) is 6.42 Å². The summed E-state index contributed by atoms with van der Waals surface area (Å²) in [6.45, 7) is 7.42. The predicted molar refractivity (Wildman–Crippen MR) is 87.7 cm³/mol. The Bertz CT molecular complexity index is 588. The molecule has 1 aromatic carbocycles. The number of hydrogen-bond acceptors (Lipinski definition) is 6. The minimum Gasteiger partial charge on any atom is -0.462 e. The number of ether oxygens (including phenoxy) is 3. The van der Waals surface area contributed by atoms with Crippen LogP contribution in [-0.2, 0) is 19.1 Å². The van der Waals surface area contributed by atoms with Gasteiger partial charge < -0.3 is 14.2 Å². The molecule has 6 nitrogen and oxygen atoms in total. The van der Waals surface area contributed by atoms with Crippen LogP contribution >= 0.6 is 0 Å². The summed E-state index contributed by atoms with van der Waals surface area (Å²) in [6.07, 6.45) is 1.23. The zero-order valence-corrected chi connectivity index (χ0v) is 14.0. The van der Waals surface area contributed by atoms with Crippen LogP contribution in [0.1, 0.15) is 43.5 Å². The van der Waals surface area contributed by atoms with Crippen molar-refractivity contribution in [1.29, 1.82) is 0 Å². The molecule has 130 valence electrons. The maximum Gasteiger partial charge on any atom is 0.338 e. The molecule has 0 aliphatic carbocycles. The van der Waals surface area contributed by atoms with E-state index in [0.29, 0.717) is 29.9 Å². The third kappa shape index (κ3) is 7.09. The second kappa shape index (κ2) is 10.2.